The second-order valence-corrected chi connectivity index (χ2v) is 14.0. The number of nitrogens with zero attached hydrogens (tertiary/aromatic N) is 1. The topological polar surface area (TPSA) is 137 Å². The monoisotopic (exact) mass is 601 g/mol. The molecule has 0 spiro atoms. The van der Waals surface area contributed by atoms with E-state index >= 15 is 0 Å². The van der Waals surface area contributed by atoms with Crippen LogP contribution in [0.25, 0.3) is 0 Å². The van der Waals surface area contributed by atoms with Gasteiger partial charge < -0.3 is 25.7 Å². The van der Waals surface area contributed by atoms with Crippen molar-refractivity contribution in [3.05, 3.63) is 11.6 Å². The number of carboxylic acids is 1. The van der Waals surface area contributed by atoms with Gasteiger partial charge in [0.1, 0.15) is 11.6 Å². The van der Waals surface area contributed by atoms with Crippen LogP contribution in [0.5, 0.6) is 0 Å². The van der Waals surface area contributed by atoms with Crippen molar-refractivity contribution in [2.24, 2.45) is 39.7 Å². The Morgan fingerprint density at radius 2 is 1.86 bits per heavy atom. The van der Waals surface area contributed by atoms with Crippen LogP contribution in [0.4, 0.5) is 0 Å². The summed E-state index contributed by atoms with van der Waals surface area (Å²) >= 11 is 4.11. The second-order valence-electron chi connectivity index (χ2n) is 13.6. The maximum absolute atomic E-state index is 12.7. The maximum Gasteiger partial charge on any atom is 0.305 e. The van der Waals surface area contributed by atoms with Crippen molar-refractivity contribution >= 4 is 36.1 Å². The molecule has 8 atom stereocenters. The fourth-order valence-corrected chi connectivity index (χ4v) is 8.70. The lowest BCUT2D eigenvalue weighted by Crippen LogP contribution is -2.54. The summed E-state index contributed by atoms with van der Waals surface area (Å²) in [6.07, 6.45) is 15.2. The molecule has 232 valence electrons. The van der Waals surface area contributed by atoms with Crippen LogP contribution >= 0.6 is 12.6 Å². The normalized spacial score (nSPS) is 36.0. The summed E-state index contributed by atoms with van der Waals surface area (Å²) in [5.41, 5.74) is 1.09. The highest BCUT2D eigenvalue weighted by Crippen LogP contribution is 2.67. The number of aliphatic carboxylic acids is 1. The summed E-state index contributed by atoms with van der Waals surface area (Å²) in [5.74, 6) is 2.30. The molecule has 0 aromatic heterocycles. The highest BCUT2D eigenvalue weighted by molar-refractivity contribution is 7.80. The van der Waals surface area contributed by atoms with Crippen LogP contribution < -0.4 is 10.6 Å². The van der Waals surface area contributed by atoms with Gasteiger partial charge in [0.25, 0.3) is 5.91 Å². The highest BCUT2D eigenvalue weighted by Gasteiger charge is 2.63. The van der Waals surface area contributed by atoms with Crippen LogP contribution in [0.15, 0.2) is 16.8 Å². The molecule has 0 saturated heterocycles. The fourth-order valence-electron chi connectivity index (χ4n) is 8.48. The molecule has 0 aromatic carbocycles. The predicted molar refractivity (Wildman–Crippen MR) is 164 cm³/mol. The number of carbonyl (C=O) groups excluding carboxylic acids is 2. The zero-order valence-electron chi connectivity index (χ0n) is 25.3. The molecule has 4 N–H and O–H groups in total. The molecule has 4 aliphatic carbocycles. The van der Waals surface area contributed by atoms with E-state index in [1.807, 2.05) is 0 Å². The Morgan fingerprint density at radius 1 is 1.14 bits per heavy atom. The first-order valence-corrected chi connectivity index (χ1v) is 15.9. The van der Waals surface area contributed by atoms with Crippen molar-refractivity contribution in [1.29, 1.82) is 0 Å². The van der Waals surface area contributed by atoms with Gasteiger partial charge in [0.15, 0.2) is 6.61 Å². The number of carboxylic acid groups (broad SMARTS) is 1. The summed E-state index contributed by atoms with van der Waals surface area (Å²) in [6, 6.07) is -1.48. The van der Waals surface area contributed by atoms with E-state index in [2.05, 4.69) is 54.3 Å². The van der Waals surface area contributed by atoms with Gasteiger partial charge in [-0.15, -0.1) is 6.42 Å². The number of allylic oxidation sites excluding steroid dienone is 2. The number of terminal acetylenes is 1. The molecule has 3 saturated carbocycles. The van der Waals surface area contributed by atoms with E-state index in [1.165, 1.54) is 5.57 Å². The summed E-state index contributed by atoms with van der Waals surface area (Å²) in [4.78, 5) is 41.8. The summed E-state index contributed by atoms with van der Waals surface area (Å²) in [6.45, 7) is 7.87. The minimum Gasteiger partial charge on any atom is -0.481 e. The van der Waals surface area contributed by atoms with Crippen molar-refractivity contribution in [1.82, 2.24) is 10.6 Å². The Morgan fingerprint density at radius 3 is 2.50 bits per heavy atom. The molecular formula is C32H47N3O6S. The van der Waals surface area contributed by atoms with Gasteiger partial charge in [0, 0.05) is 17.2 Å². The number of hydrogen-bond acceptors (Lipinski definition) is 7. The van der Waals surface area contributed by atoms with Gasteiger partial charge in [-0.3, -0.25) is 14.4 Å². The van der Waals surface area contributed by atoms with Crippen LogP contribution in [-0.4, -0.2) is 63.8 Å². The van der Waals surface area contributed by atoms with Crippen molar-refractivity contribution < 1.29 is 29.4 Å². The van der Waals surface area contributed by atoms with Crippen LogP contribution in [0.2, 0.25) is 0 Å². The van der Waals surface area contributed by atoms with Gasteiger partial charge in [-0.1, -0.05) is 44.3 Å². The number of amides is 2. The second kappa shape index (κ2) is 12.6. The summed E-state index contributed by atoms with van der Waals surface area (Å²) in [5, 5.41) is 29.9. The average Bonchev–Trinajstić information content (AvgIpc) is 3.21. The molecule has 0 unspecified atom stereocenters. The number of nitrogens with one attached hydrogen (secondary N) is 2. The van der Waals surface area contributed by atoms with Crippen LogP contribution in [0, 0.1) is 46.8 Å². The van der Waals surface area contributed by atoms with E-state index in [0.29, 0.717) is 24.2 Å². The third-order valence-corrected chi connectivity index (χ3v) is 11.4. The Kier molecular flexibility index (Phi) is 9.73. The first-order valence-electron chi connectivity index (χ1n) is 15.3. The number of rotatable bonds is 10. The van der Waals surface area contributed by atoms with Gasteiger partial charge >= 0.3 is 5.97 Å². The lowest BCUT2D eigenvalue weighted by Gasteiger charge is -2.58. The van der Waals surface area contributed by atoms with Crippen LogP contribution in [0.1, 0.15) is 85.5 Å². The molecule has 42 heavy (non-hydrogen) atoms. The zero-order chi connectivity index (χ0) is 30.9. The van der Waals surface area contributed by atoms with Gasteiger partial charge in [0.2, 0.25) is 5.91 Å². The summed E-state index contributed by atoms with van der Waals surface area (Å²) in [7, 11) is 0. The van der Waals surface area contributed by atoms with Gasteiger partial charge in [0.05, 0.1) is 12.1 Å². The Hall–Kier alpha value is -2.51. The van der Waals surface area contributed by atoms with Gasteiger partial charge in [-0.2, -0.15) is 12.6 Å². The third kappa shape index (κ3) is 6.10. The maximum atomic E-state index is 12.7. The van der Waals surface area contributed by atoms with Crippen molar-refractivity contribution in [3.8, 4) is 12.3 Å². The number of fused-ring (bicyclic) bond motifs is 5. The quantitative estimate of drug-likeness (QED) is 0.147. The lowest BCUT2D eigenvalue weighted by atomic mass is 9.46. The molecular weight excluding hydrogens is 554 g/mol. The van der Waals surface area contributed by atoms with Crippen LogP contribution in [-0.2, 0) is 19.2 Å². The first kappa shape index (κ1) is 32.4. The predicted octanol–water partition coefficient (Wildman–Crippen LogP) is 3.72. The van der Waals surface area contributed by atoms with E-state index in [1.54, 1.807) is 13.8 Å². The Balaban J connectivity index is 1.35. The van der Waals surface area contributed by atoms with Crippen molar-refractivity contribution in [2.75, 3.05) is 12.4 Å². The Labute approximate surface area is 255 Å². The molecule has 2 amide bonds. The number of carbonyl (C=O) groups is 3. The smallest absolute Gasteiger partial charge is 0.305 e. The van der Waals surface area contributed by atoms with E-state index in [4.69, 9.17) is 16.4 Å². The molecule has 0 radical (unpaired) electrons. The summed E-state index contributed by atoms with van der Waals surface area (Å²) < 4.78 is 0. The number of thiol groups is 1. The fraction of sp³-hybridized carbons (Fsp3) is 0.750. The van der Waals surface area contributed by atoms with E-state index in [9.17, 15) is 19.5 Å². The molecule has 0 heterocycles. The standard InChI is InChI=1S/C32H47N3O6S/c1-6-32(40)14-11-25-23-8-7-20-15-21(9-12-30(20,4)24(23)10-13-31(25,32)5)35-41-17-26(36)34-28(19(2)3)29(39)33-22(18-42)16-27(37)38/h1,15,19,22-25,28,40,42H,7-14,16-18H2,2-5H3,(H,33,39)(H,34,36)(H,37,38)/b35-21-/t22-,23+,24-,25+,28-,30-,31-,32+/m0/s1. The van der Waals surface area contributed by atoms with Gasteiger partial charge in [-0.25, -0.2) is 0 Å². The minimum absolute atomic E-state index is 0.0842. The number of hydrogen-bond donors (Lipinski definition) is 5. The third-order valence-electron chi connectivity index (χ3n) is 11.0. The van der Waals surface area contributed by atoms with Crippen LogP contribution in [0.3, 0.4) is 0 Å². The van der Waals surface area contributed by atoms with Crippen molar-refractivity contribution in [3.63, 3.8) is 0 Å². The minimum atomic E-state index is -1.04. The zero-order valence-corrected chi connectivity index (χ0v) is 26.2. The van der Waals surface area contributed by atoms with E-state index in [0.717, 1.165) is 50.7 Å². The molecule has 4 rings (SSSR count). The molecule has 0 aromatic rings. The highest BCUT2D eigenvalue weighted by atomic mass is 32.1. The molecule has 0 bridgehead atoms. The molecule has 3 fully saturated rings. The molecule has 4 aliphatic rings. The largest absolute Gasteiger partial charge is 0.481 e. The number of oxime groups is 1. The van der Waals surface area contributed by atoms with E-state index in [-0.39, 0.29) is 35.5 Å². The lowest BCUT2D eigenvalue weighted by molar-refractivity contribution is -0.138. The van der Waals surface area contributed by atoms with E-state index < -0.39 is 35.5 Å². The SMILES string of the molecule is C#C[C@@]1(O)CC[C@@H]2[C@@H]3CCC4=C/C(=N\OCC(=O)N[C@H](C(=O)N[C@H](CS)CC(=O)O)C(C)C)CC[C@]4(C)[C@H]3CC[C@@]21C. The molecule has 9 nitrogen and oxygen atoms in total. The first-order chi connectivity index (χ1) is 19.8. The Bertz CT molecular complexity index is 1180. The average molecular weight is 602 g/mol. The molecule has 10 heteroatoms. The molecule has 0 aliphatic heterocycles. The van der Waals surface area contributed by atoms with Gasteiger partial charge in [-0.05, 0) is 86.5 Å². The van der Waals surface area contributed by atoms with Crippen molar-refractivity contribution in [2.45, 2.75) is 103 Å². The number of aliphatic hydroxyl groups is 1.